The zero-order valence-corrected chi connectivity index (χ0v) is 12.6. The number of rotatable bonds is 2. The molecule has 4 aromatic rings. The van der Waals surface area contributed by atoms with Gasteiger partial charge in [-0.15, -0.1) is 0 Å². The molecule has 108 valence electrons. The van der Waals surface area contributed by atoms with Crippen molar-refractivity contribution in [3.63, 3.8) is 0 Å². The molecule has 0 radical (unpaired) electrons. The Morgan fingerprint density at radius 3 is 2.55 bits per heavy atom. The molecule has 4 rings (SSSR count). The molecule has 4 heteroatoms. The Balaban J connectivity index is 2.01. The van der Waals surface area contributed by atoms with Crippen molar-refractivity contribution >= 4 is 22.1 Å². The highest BCUT2D eigenvalue weighted by Gasteiger charge is 2.11. The van der Waals surface area contributed by atoms with E-state index in [0.29, 0.717) is 0 Å². The number of anilines is 1. The number of fused-ring (bicyclic) bond motifs is 2. The minimum atomic E-state index is 0.860. The quantitative estimate of drug-likeness (QED) is 0.565. The third-order valence-corrected chi connectivity index (χ3v) is 3.89. The molecule has 0 aliphatic rings. The number of aromatic nitrogens is 3. The van der Waals surface area contributed by atoms with Gasteiger partial charge < -0.3 is 4.90 Å². The zero-order chi connectivity index (χ0) is 15.1. The Labute approximate surface area is 128 Å². The SMILES string of the molecule is CN(C)c1ccc(-c2cc3ncccn3n2)c2ccccc12. The molecule has 22 heavy (non-hydrogen) atoms. The monoisotopic (exact) mass is 288 g/mol. The largest absolute Gasteiger partial charge is 0.377 e. The molecule has 2 aromatic carbocycles. The summed E-state index contributed by atoms with van der Waals surface area (Å²) in [5, 5.41) is 7.09. The minimum Gasteiger partial charge on any atom is -0.377 e. The predicted molar refractivity (Wildman–Crippen MR) is 90.3 cm³/mol. The van der Waals surface area contributed by atoms with Gasteiger partial charge in [-0.1, -0.05) is 30.3 Å². The lowest BCUT2D eigenvalue weighted by atomic mass is 10.0. The van der Waals surface area contributed by atoms with Crippen molar-refractivity contribution in [2.24, 2.45) is 0 Å². The van der Waals surface area contributed by atoms with E-state index in [9.17, 15) is 0 Å². The van der Waals surface area contributed by atoms with Crippen LogP contribution in [0.3, 0.4) is 0 Å². The van der Waals surface area contributed by atoms with E-state index in [2.05, 4.69) is 65.5 Å². The zero-order valence-electron chi connectivity index (χ0n) is 12.6. The maximum Gasteiger partial charge on any atom is 0.155 e. The first kappa shape index (κ1) is 12.8. The topological polar surface area (TPSA) is 33.4 Å². The standard InChI is InChI=1S/C18H16N4/c1-21(2)17-9-8-14(13-6-3-4-7-15(13)17)16-12-18-19-10-5-11-22(18)20-16/h3-12H,1-2H3. The maximum absolute atomic E-state index is 4.65. The first-order chi connectivity index (χ1) is 10.7. The van der Waals surface area contributed by atoms with Crippen LogP contribution in [-0.2, 0) is 0 Å². The lowest BCUT2D eigenvalue weighted by molar-refractivity contribution is 0.944. The van der Waals surface area contributed by atoms with Crippen LogP contribution in [0.2, 0.25) is 0 Å². The molecule has 0 bridgehead atoms. The van der Waals surface area contributed by atoms with Gasteiger partial charge in [0.2, 0.25) is 0 Å². The molecule has 0 saturated heterocycles. The highest BCUT2D eigenvalue weighted by atomic mass is 15.2. The molecule has 0 fully saturated rings. The van der Waals surface area contributed by atoms with E-state index in [1.807, 2.05) is 22.8 Å². The normalized spacial score (nSPS) is 11.2. The third-order valence-electron chi connectivity index (χ3n) is 3.89. The van der Waals surface area contributed by atoms with Crippen molar-refractivity contribution in [3.05, 3.63) is 60.9 Å². The molecule has 0 atom stereocenters. The first-order valence-electron chi connectivity index (χ1n) is 7.24. The summed E-state index contributed by atoms with van der Waals surface area (Å²) in [5.41, 5.74) is 4.14. The van der Waals surface area contributed by atoms with Crippen LogP contribution in [0.4, 0.5) is 5.69 Å². The van der Waals surface area contributed by atoms with Crippen LogP contribution in [0, 0.1) is 0 Å². The maximum atomic E-state index is 4.65. The van der Waals surface area contributed by atoms with E-state index in [-0.39, 0.29) is 0 Å². The van der Waals surface area contributed by atoms with E-state index in [1.54, 1.807) is 6.20 Å². The van der Waals surface area contributed by atoms with Crippen molar-refractivity contribution in [1.29, 1.82) is 0 Å². The van der Waals surface area contributed by atoms with Crippen LogP contribution in [0.1, 0.15) is 0 Å². The van der Waals surface area contributed by atoms with E-state index in [1.165, 1.54) is 16.5 Å². The lowest BCUT2D eigenvalue weighted by Gasteiger charge is -2.17. The summed E-state index contributed by atoms with van der Waals surface area (Å²) in [6.07, 6.45) is 3.70. The van der Waals surface area contributed by atoms with Crippen LogP contribution < -0.4 is 4.90 Å². The second-order valence-corrected chi connectivity index (χ2v) is 5.52. The van der Waals surface area contributed by atoms with E-state index in [4.69, 9.17) is 0 Å². The molecular weight excluding hydrogens is 272 g/mol. The van der Waals surface area contributed by atoms with Crippen LogP contribution in [0.15, 0.2) is 60.9 Å². The lowest BCUT2D eigenvalue weighted by Crippen LogP contribution is -2.09. The van der Waals surface area contributed by atoms with Crippen molar-refractivity contribution in [2.45, 2.75) is 0 Å². The molecule has 2 heterocycles. The van der Waals surface area contributed by atoms with E-state index in [0.717, 1.165) is 16.9 Å². The molecule has 2 aromatic heterocycles. The fourth-order valence-electron chi connectivity index (χ4n) is 2.86. The van der Waals surface area contributed by atoms with Crippen molar-refractivity contribution in [2.75, 3.05) is 19.0 Å². The Morgan fingerprint density at radius 2 is 1.77 bits per heavy atom. The second-order valence-electron chi connectivity index (χ2n) is 5.52. The van der Waals surface area contributed by atoms with Crippen LogP contribution in [-0.4, -0.2) is 28.7 Å². The third kappa shape index (κ3) is 1.92. The molecule has 0 aliphatic carbocycles. The fraction of sp³-hybridized carbons (Fsp3) is 0.111. The van der Waals surface area contributed by atoms with Gasteiger partial charge in [0.25, 0.3) is 0 Å². The van der Waals surface area contributed by atoms with Crippen LogP contribution >= 0.6 is 0 Å². The molecule has 0 unspecified atom stereocenters. The van der Waals surface area contributed by atoms with Gasteiger partial charge in [-0.3, -0.25) is 0 Å². The molecule has 0 saturated carbocycles. The van der Waals surface area contributed by atoms with E-state index >= 15 is 0 Å². The molecule has 4 nitrogen and oxygen atoms in total. The van der Waals surface area contributed by atoms with Gasteiger partial charge in [0, 0.05) is 49.2 Å². The van der Waals surface area contributed by atoms with Gasteiger partial charge in [0.15, 0.2) is 5.65 Å². The molecule has 0 N–H and O–H groups in total. The van der Waals surface area contributed by atoms with Gasteiger partial charge in [0.05, 0.1) is 5.69 Å². The minimum absolute atomic E-state index is 0.860. The van der Waals surface area contributed by atoms with Gasteiger partial charge in [-0.2, -0.15) is 5.10 Å². The molecule has 0 aliphatic heterocycles. The Kier molecular flexibility index (Phi) is 2.82. The average molecular weight is 288 g/mol. The summed E-state index contributed by atoms with van der Waals surface area (Å²) in [6.45, 7) is 0. The van der Waals surface area contributed by atoms with Crippen LogP contribution in [0.25, 0.3) is 27.7 Å². The summed E-state index contributed by atoms with van der Waals surface area (Å²) < 4.78 is 1.81. The van der Waals surface area contributed by atoms with Crippen molar-refractivity contribution in [3.8, 4) is 11.3 Å². The Bertz CT molecular complexity index is 936. The van der Waals surface area contributed by atoms with Crippen LogP contribution in [0.5, 0.6) is 0 Å². The fourth-order valence-corrected chi connectivity index (χ4v) is 2.86. The first-order valence-corrected chi connectivity index (χ1v) is 7.24. The summed E-state index contributed by atoms with van der Waals surface area (Å²) in [5.74, 6) is 0. The number of nitrogens with zero attached hydrogens (tertiary/aromatic N) is 4. The van der Waals surface area contributed by atoms with Crippen molar-refractivity contribution in [1.82, 2.24) is 14.6 Å². The summed E-state index contributed by atoms with van der Waals surface area (Å²) >= 11 is 0. The Hall–Kier alpha value is -2.88. The smallest absolute Gasteiger partial charge is 0.155 e. The second kappa shape index (κ2) is 4.84. The number of hydrogen-bond donors (Lipinski definition) is 0. The highest BCUT2D eigenvalue weighted by molar-refractivity contribution is 6.03. The van der Waals surface area contributed by atoms with Gasteiger partial charge in [-0.05, 0) is 17.5 Å². The van der Waals surface area contributed by atoms with Gasteiger partial charge in [0.1, 0.15) is 0 Å². The number of benzene rings is 2. The van der Waals surface area contributed by atoms with Gasteiger partial charge >= 0.3 is 0 Å². The molecule has 0 spiro atoms. The van der Waals surface area contributed by atoms with Crippen molar-refractivity contribution < 1.29 is 0 Å². The predicted octanol–water partition coefficient (Wildman–Crippen LogP) is 3.62. The summed E-state index contributed by atoms with van der Waals surface area (Å²) in [4.78, 5) is 6.48. The molecule has 0 amide bonds. The summed E-state index contributed by atoms with van der Waals surface area (Å²) in [6, 6.07) is 16.6. The Morgan fingerprint density at radius 1 is 0.955 bits per heavy atom. The van der Waals surface area contributed by atoms with Gasteiger partial charge in [-0.25, -0.2) is 9.50 Å². The van der Waals surface area contributed by atoms with E-state index < -0.39 is 0 Å². The summed E-state index contributed by atoms with van der Waals surface area (Å²) in [7, 11) is 4.13. The highest BCUT2D eigenvalue weighted by Crippen LogP contribution is 2.33. The number of hydrogen-bond acceptors (Lipinski definition) is 3. The molecular formula is C18H16N4. The average Bonchev–Trinajstić information content (AvgIpc) is 2.97.